The van der Waals surface area contributed by atoms with E-state index in [9.17, 15) is 14.8 Å². The maximum Gasteiger partial charge on any atom is 0.357 e. The van der Waals surface area contributed by atoms with Gasteiger partial charge in [0, 0.05) is 11.1 Å². The molecule has 6 heteroatoms. The highest BCUT2D eigenvalue weighted by molar-refractivity contribution is 6.57. The summed E-state index contributed by atoms with van der Waals surface area (Å²) >= 11 is 0. The third-order valence-corrected chi connectivity index (χ3v) is 4.42. The lowest BCUT2D eigenvalue weighted by molar-refractivity contribution is -0.134. The molecule has 0 saturated carbocycles. The summed E-state index contributed by atoms with van der Waals surface area (Å²) in [6, 6.07) is 15.8. The standard InChI is InChI=1S/C20H16N2O4/c1-2-26-20(24)17-15(12-8-4-3-5-9-12)16-18(23)13-10-6-7-11-14(13)22(25)19(16)21-17/h3-11,19,25H,2H2,1H3. The van der Waals surface area contributed by atoms with E-state index in [1.807, 2.05) is 18.2 Å². The molecule has 2 aliphatic heterocycles. The maximum atomic E-state index is 13.1. The van der Waals surface area contributed by atoms with Crippen LogP contribution in [0.4, 0.5) is 5.69 Å². The van der Waals surface area contributed by atoms with Crippen molar-refractivity contribution in [2.24, 2.45) is 4.99 Å². The molecule has 130 valence electrons. The highest BCUT2D eigenvalue weighted by Gasteiger charge is 2.44. The lowest BCUT2D eigenvalue weighted by atomic mass is 9.88. The largest absolute Gasteiger partial charge is 0.461 e. The number of carbonyl (C=O) groups excluding carboxylic acids is 2. The highest BCUT2D eigenvalue weighted by Crippen LogP contribution is 2.40. The molecule has 2 aliphatic rings. The van der Waals surface area contributed by atoms with Crippen molar-refractivity contribution in [3.63, 3.8) is 0 Å². The Morgan fingerprint density at radius 2 is 1.85 bits per heavy atom. The monoisotopic (exact) mass is 348 g/mol. The fourth-order valence-electron chi connectivity index (χ4n) is 3.31. The van der Waals surface area contributed by atoms with Gasteiger partial charge in [-0.2, -0.15) is 0 Å². The molecule has 1 unspecified atom stereocenters. The molecular formula is C20H16N2O4. The molecule has 0 aliphatic carbocycles. The number of benzene rings is 2. The number of hydrogen-bond acceptors (Lipinski definition) is 6. The van der Waals surface area contributed by atoms with E-state index in [1.165, 1.54) is 0 Å². The first kappa shape index (κ1) is 16.2. The summed E-state index contributed by atoms with van der Waals surface area (Å²) in [6.07, 6.45) is -0.966. The second kappa shape index (κ2) is 6.24. The number of aliphatic imine (C=N–C) groups is 1. The number of ketones is 1. The Bertz CT molecular complexity index is 963. The van der Waals surface area contributed by atoms with E-state index >= 15 is 0 Å². The molecule has 0 aromatic heterocycles. The normalized spacial score (nSPS) is 18.4. The molecule has 6 nitrogen and oxygen atoms in total. The van der Waals surface area contributed by atoms with Crippen LogP contribution in [0.2, 0.25) is 0 Å². The van der Waals surface area contributed by atoms with Gasteiger partial charge in [0.25, 0.3) is 0 Å². The number of carbonyl (C=O) groups is 2. The first-order valence-corrected chi connectivity index (χ1v) is 8.30. The van der Waals surface area contributed by atoms with Gasteiger partial charge in [-0.05, 0) is 24.6 Å². The van der Waals surface area contributed by atoms with Crippen LogP contribution in [0.25, 0.3) is 5.57 Å². The van der Waals surface area contributed by atoms with E-state index in [0.717, 1.165) is 5.06 Å². The molecule has 26 heavy (non-hydrogen) atoms. The Labute approximate surface area is 150 Å². The van der Waals surface area contributed by atoms with Gasteiger partial charge in [0.1, 0.15) is 0 Å². The number of fused-ring (bicyclic) bond motifs is 2. The first-order chi connectivity index (χ1) is 12.6. The second-order valence-corrected chi connectivity index (χ2v) is 5.92. The Kier molecular flexibility index (Phi) is 3.89. The summed E-state index contributed by atoms with van der Waals surface area (Å²) in [5, 5.41) is 11.6. The molecule has 0 spiro atoms. The van der Waals surface area contributed by atoms with E-state index in [-0.39, 0.29) is 23.7 Å². The topological polar surface area (TPSA) is 79.2 Å². The van der Waals surface area contributed by atoms with Crippen LogP contribution in [0.3, 0.4) is 0 Å². The van der Waals surface area contributed by atoms with Crippen molar-refractivity contribution in [3.8, 4) is 0 Å². The van der Waals surface area contributed by atoms with Crippen LogP contribution in [-0.4, -0.2) is 35.4 Å². The van der Waals surface area contributed by atoms with Gasteiger partial charge in [0.2, 0.25) is 0 Å². The molecule has 0 radical (unpaired) electrons. The SMILES string of the molecule is CCOC(=O)C1=NC2C(=C1c1ccccc1)C(=O)c1ccccc1N2O. The fraction of sp³-hybridized carbons (Fsp3) is 0.150. The Hall–Kier alpha value is -3.25. The summed E-state index contributed by atoms with van der Waals surface area (Å²) in [5.41, 5.74) is 2.16. The van der Waals surface area contributed by atoms with E-state index in [2.05, 4.69) is 4.99 Å². The minimum absolute atomic E-state index is 0.0539. The van der Waals surface area contributed by atoms with Crippen molar-refractivity contribution in [3.05, 3.63) is 71.3 Å². The average molecular weight is 348 g/mol. The molecule has 1 N–H and O–H groups in total. The quantitative estimate of drug-likeness (QED) is 0.863. The van der Waals surface area contributed by atoms with Crippen molar-refractivity contribution in [2.75, 3.05) is 11.7 Å². The van der Waals surface area contributed by atoms with Crippen molar-refractivity contribution < 1.29 is 19.5 Å². The van der Waals surface area contributed by atoms with Gasteiger partial charge < -0.3 is 4.74 Å². The zero-order chi connectivity index (χ0) is 18.3. The maximum absolute atomic E-state index is 13.1. The summed E-state index contributed by atoms with van der Waals surface area (Å²) in [7, 11) is 0. The van der Waals surface area contributed by atoms with Gasteiger partial charge in [0.05, 0.1) is 17.9 Å². The third kappa shape index (κ3) is 2.34. The van der Waals surface area contributed by atoms with Gasteiger partial charge in [0.15, 0.2) is 17.7 Å². The van der Waals surface area contributed by atoms with Crippen molar-refractivity contribution in [2.45, 2.75) is 13.1 Å². The molecule has 2 heterocycles. The molecule has 0 bridgehead atoms. The molecule has 0 amide bonds. The van der Waals surface area contributed by atoms with Crippen LogP contribution in [0, 0.1) is 0 Å². The predicted molar refractivity (Wildman–Crippen MR) is 96.3 cm³/mol. The molecular weight excluding hydrogens is 332 g/mol. The number of ether oxygens (including phenoxy) is 1. The number of hydroxylamine groups is 1. The van der Waals surface area contributed by atoms with Crippen LogP contribution in [0.5, 0.6) is 0 Å². The average Bonchev–Trinajstić information content (AvgIpc) is 3.08. The van der Waals surface area contributed by atoms with Gasteiger partial charge in [-0.1, -0.05) is 42.5 Å². The highest BCUT2D eigenvalue weighted by atomic mass is 16.5. The first-order valence-electron chi connectivity index (χ1n) is 8.30. The summed E-state index contributed by atoms with van der Waals surface area (Å²) in [6.45, 7) is 1.89. The van der Waals surface area contributed by atoms with Crippen LogP contribution in [0.15, 0.2) is 65.2 Å². The molecule has 2 aromatic carbocycles. The van der Waals surface area contributed by atoms with E-state index in [4.69, 9.17) is 4.74 Å². The van der Waals surface area contributed by atoms with Crippen LogP contribution in [-0.2, 0) is 9.53 Å². The summed E-state index contributed by atoms with van der Waals surface area (Å²) in [5.74, 6) is -0.865. The van der Waals surface area contributed by atoms with Crippen molar-refractivity contribution in [1.82, 2.24) is 0 Å². The van der Waals surface area contributed by atoms with Gasteiger partial charge in [-0.3, -0.25) is 10.0 Å². The third-order valence-electron chi connectivity index (χ3n) is 4.42. The molecule has 1 atom stereocenters. The van der Waals surface area contributed by atoms with E-state index in [1.54, 1.807) is 43.3 Å². The number of hydrogen-bond donors (Lipinski definition) is 1. The number of Topliss-reactive ketones (excluding diaryl/α,β-unsaturated/α-hetero) is 1. The molecule has 2 aromatic rings. The summed E-state index contributed by atoms with van der Waals surface area (Å²) in [4.78, 5) is 29.9. The van der Waals surface area contributed by atoms with Gasteiger partial charge in [-0.25, -0.2) is 14.9 Å². The number of nitrogens with zero attached hydrogens (tertiary/aromatic N) is 2. The minimum atomic E-state index is -0.966. The Morgan fingerprint density at radius 3 is 2.58 bits per heavy atom. The van der Waals surface area contributed by atoms with Gasteiger partial charge >= 0.3 is 5.97 Å². The Morgan fingerprint density at radius 1 is 1.15 bits per heavy atom. The van der Waals surface area contributed by atoms with E-state index in [0.29, 0.717) is 22.4 Å². The van der Waals surface area contributed by atoms with Crippen molar-refractivity contribution in [1.29, 1.82) is 0 Å². The lowest BCUT2D eigenvalue weighted by Gasteiger charge is -2.30. The zero-order valence-corrected chi connectivity index (χ0v) is 14.0. The summed E-state index contributed by atoms with van der Waals surface area (Å²) < 4.78 is 5.12. The molecule has 0 fully saturated rings. The van der Waals surface area contributed by atoms with Gasteiger partial charge in [-0.15, -0.1) is 0 Å². The number of anilines is 1. The number of rotatable bonds is 3. The number of esters is 1. The zero-order valence-electron chi connectivity index (χ0n) is 14.0. The fourth-order valence-corrected chi connectivity index (χ4v) is 3.31. The minimum Gasteiger partial charge on any atom is -0.461 e. The smallest absolute Gasteiger partial charge is 0.357 e. The van der Waals surface area contributed by atoms with Crippen LogP contribution in [0.1, 0.15) is 22.8 Å². The molecule has 4 rings (SSSR count). The molecule has 0 saturated heterocycles. The predicted octanol–water partition coefficient (Wildman–Crippen LogP) is 2.88. The second-order valence-electron chi connectivity index (χ2n) is 5.92. The lowest BCUT2D eigenvalue weighted by Crippen LogP contribution is -2.39. The van der Waals surface area contributed by atoms with E-state index < -0.39 is 12.1 Å². The van der Waals surface area contributed by atoms with Crippen molar-refractivity contribution >= 4 is 28.7 Å². The Balaban J connectivity index is 1.95. The number of para-hydroxylation sites is 1. The van der Waals surface area contributed by atoms with Crippen LogP contribution < -0.4 is 5.06 Å². The van der Waals surface area contributed by atoms with Crippen LogP contribution >= 0.6 is 0 Å².